The highest BCUT2D eigenvalue weighted by Crippen LogP contribution is 2.25. The van der Waals surface area contributed by atoms with E-state index in [0.29, 0.717) is 5.69 Å². The third-order valence-corrected chi connectivity index (χ3v) is 2.99. The van der Waals surface area contributed by atoms with Gasteiger partial charge in [0.2, 0.25) is 0 Å². The minimum Gasteiger partial charge on any atom is -0.356 e. The van der Waals surface area contributed by atoms with Gasteiger partial charge in [0.05, 0.1) is 6.20 Å². The minimum absolute atomic E-state index is 0.0392. The summed E-state index contributed by atoms with van der Waals surface area (Å²) < 4.78 is 7.47. The molecule has 0 radical (unpaired) electrons. The van der Waals surface area contributed by atoms with E-state index in [-0.39, 0.29) is 6.23 Å². The Balaban J connectivity index is 2.06. The van der Waals surface area contributed by atoms with Gasteiger partial charge in [-0.2, -0.15) is 10.4 Å². The molecule has 1 aliphatic rings. The van der Waals surface area contributed by atoms with Crippen molar-refractivity contribution in [2.45, 2.75) is 25.5 Å². The molecule has 0 spiro atoms. The highest BCUT2D eigenvalue weighted by atomic mass is 16.5. The van der Waals surface area contributed by atoms with Crippen molar-refractivity contribution in [1.82, 2.24) is 14.8 Å². The quantitative estimate of drug-likeness (QED) is 0.748. The molecule has 1 atom stereocenters. The van der Waals surface area contributed by atoms with Gasteiger partial charge in [-0.15, -0.1) is 0 Å². The van der Waals surface area contributed by atoms with Crippen LogP contribution in [0.15, 0.2) is 18.3 Å². The molecule has 1 aliphatic heterocycles. The summed E-state index contributed by atoms with van der Waals surface area (Å²) in [5.41, 5.74) is 1.14. The van der Waals surface area contributed by atoms with E-state index in [2.05, 4.69) is 10.1 Å². The van der Waals surface area contributed by atoms with Crippen LogP contribution in [0, 0.1) is 11.3 Å². The van der Waals surface area contributed by atoms with Gasteiger partial charge in [-0.1, -0.05) is 0 Å². The Hall–Kier alpha value is -1.93. The molecule has 86 valence electrons. The zero-order valence-electron chi connectivity index (χ0n) is 9.33. The molecular weight excluding hydrogens is 216 g/mol. The predicted molar refractivity (Wildman–Crippen MR) is 61.1 cm³/mol. The van der Waals surface area contributed by atoms with Crippen molar-refractivity contribution in [3.8, 4) is 6.07 Å². The third kappa shape index (κ3) is 1.77. The summed E-state index contributed by atoms with van der Waals surface area (Å²) >= 11 is 0. The molecule has 3 heterocycles. The SMILES string of the molecule is N#Cc1ccc2cnn(C3CCCCO3)c2n1. The molecule has 1 saturated heterocycles. The van der Waals surface area contributed by atoms with E-state index < -0.39 is 0 Å². The third-order valence-electron chi connectivity index (χ3n) is 2.99. The van der Waals surface area contributed by atoms with Crippen LogP contribution in [0.25, 0.3) is 11.0 Å². The van der Waals surface area contributed by atoms with E-state index in [0.717, 1.165) is 36.9 Å². The Kier molecular flexibility index (Phi) is 2.50. The number of aromatic nitrogens is 3. The molecule has 0 N–H and O–H groups in total. The van der Waals surface area contributed by atoms with Gasteiger partial charge in [0.1, 0.15) is 11.8 Å². The molecule has 2 aromatic rings. The van der Waals surface area contributed by atoms with Gasteiger partial charge in [-0.3, -0.25) is 0 Å². The average Bonchev–Trinajstić information content (AvgIpc) is 2.82. The highest BCUT2D eigenvalue weighted by molar-refractivity contribution is 5.75. The Bertz CT molecular complexity index is 578. The number of fused-ring (bicyclic) bond motifs is 1. The second-order valence-corrected chi connectivity index (χ2v) is 4.13. The minimum atomic E-state index is -0.0392. The molecule has 2 aromatic heterocycles. The second kappa shape index (κ2) is 4.15. The number of nitriles is 1. The predicted octanol–water partition coefficient (Wildman–Crippen LogP) is 2.00. The van der Waals surface area contributed by atoms with Crippen LogP contribution in [-0.2, 0) is 4.74 Å². The van der Waals surface area contributed by atoms with E-state index in [1.807, 2.05) is 12.1 Å². The van der Waals surface area contributed by atoms with Crippen LogP contribution < -0.4 is 0 Å². The van der Waals surface area contributed by atoms with Crippen LogP contribution >= 0.6 is 0 Å². The largest absolute Gasteiger partial charge is 0.356 e. The van der Waals surface area contributed by atoms with Gasteiger partial charge >= 0.3 is 0 Å². The standard InChI is InChI=1S/C12H12N4O/c13-7-10-5-4-9-8-14-16(12(9)15-10)11-3-1-2-6-17-11/h4-5,8,11H,1-3,6H2. The Labute approximate surface area is 98.6 Å². The zero-order valence-corrected chi connectivity index (χ0v) is 9.33. The average molecular weight is 228 g/mol. The molecular formula is C12H12N4O. The van der Waals surface area contributed by atoms with Crippen LogP contribution in [0.1, 0.15) is 31.2 Å². The van der Waals surface area contributed by atoms with Crippen molar-refractivity contribution in [3.63, 3.8) is 0 Å². The summed E-state index contributed by atoms with van der Waals surface area (Å²) in [6.45, 7) is 0.768. The Morgan fingerprint density at radius 1 is 1.41 bits per heavy atom. The van der Waals surface area contributed by atoms with Crippen LogP contribution in [0.5, 0.6) is 0 Å². The number of hydrogen-bond donors (Lipinski definition) is 0. The number of hydrogen-bond acceptors (Lipinski definition) is 4. The van der Waals surface area contributed by atoms with Crippen LogP contribution in [0.4, 0.5) is 0 Å². The molecule has 0 aromatic carbocycles. The lowest BCUT2D eigenvalue weighted by molar-refractivity contribution is -0.0370. The summed E-state index contributed by atoms with van der Waals surface area (Å²) in [5, 5.41) is 14.1. The maximum absolute atomic E-state index is 8.86. The second-order valence-electron chi connectivity index (χ2n) is 4.13. The molecule has 0 saturated carbocycles. The van der Waals surface area contributed by atoms with Crippen LogP contribution in [0.2, 0.25) is 0 Å². The normalized spacial score (nSPS) is 20.3. The van der Waals surface area contributed by atoms with Gasteiger partial charge in [-0.05, 0) is 31.4 Å². The lowest BCUT2D eigenvalue weighted by atomic mass is 10.2. The maximum Gasteiger partial charge on any atom is 0.161 e. The first-order valence-electron chi connectivity index (χ1n) is 5.74. The first-order chi connectivity index (χ1) is 8.38. The Morgan fingerprint density at radius 2 is 2.35 bits per heavy atom. The number of pyridine rings is 1. The monoisotopic (exact) mass is 228 g/mol. The summed E-state index contributed by atoms with van der Waals surface area (Å²) in [6.07, 6.45) is 4.93. The fourth-order valence-corrected chi connectivity index (χ4v) is 2.11. The van der Waals surface area contributed by atoms with Crippen molar-refractivity contribution >= 4 is 11.0 Å². The van der Waals surface area contributed by atoms with E-state index in [4.69, 9.17) is 10.00 Å². The van der Waals surface area contributed by atoms with Crippen molar-refractivity contribution in [2.75, 3.05) is 6.61 Å². The lowest BCUT2D eigenvalue weighted by Crippen LogP contribution is -2.19. The molecule has 3 rings (SSSR count). The fourth-order valence-electron chi connectivity index (χ4n) is 2.11. The zero-order chi connectivity index (χ0) is 11.7. The van der Waals surface area contributed by atoms with E-state index >= 15 is 0 Å². The topological polar surface area (TPSA) is 63.7 Å². The van der Waals surface area contributed by atoms with Gasteiger partial charge in [-0.25, -0.2) is 9.67 Å². The van der Waals surface area contributed by atoms with Crippen molar-refractivity contribution in [2.24, 2.45) is 0 Å². The van der Waals surface area contributed by atoms with E-state index in [1.165, 1.54) is 0 Å². The fraction of sp³-hybridized carbons (Fsp3) is 0.417. The van der Waals surface area contributed by atoms with E-state index in [9.17, 15) is 0 Å². The van der Waals surface area contributed by atoms with Crippen molar-refractivity contribution in [3.05, 3.63) is 24.0 Å². The molecule has 5 heteroatoms. The molecule has 1 unspecified atom stereocenters. The smallest absolute Gasteiger partial charge is 0.161 e. The first kappa shape index (κ1) is 10.2. The van der Waals surface area contributed by atoms with Crippen LogP contribution in [-0.4, -0.2) is 21.4 Å². The molecule has 17 heavy (non-hydrogen) atoms. The number of ether oxygens (including phenoxy) is 1. The Morgan fingerprint density at radius 3 is 3.12 bits per heavy atom. The summed E-state index contributed by atoms with van der Waals surface area (Å²) in [4.78, 5) is 4.29. The van der Waals surface area contributed by atoms with Crippen molar-refractivity contribution < 1.29 is 4.74 Å². The maximum atomic E-state index is 8.86. The number of nitrogens with zero attached hydrogens (tertiary/aromatic N) is 4. The molecule has 5 nitrogen and oxygen atoms in total. The van der Waals surface area contributed by atoms with Gasteiger partial charge in [0, 0.05) is 12.0 Å². The van der Waals surface area contributed by atoms with Crippen molar-refractivity contribution in [1.29, 1.82) is 5.26 Å². The van der Waals surface area contributed by atoms with Gasteiger partial charge in [0.25, 0.3) is 0 Å². The summed E-state index contributed by atoms with van der Waals surface area (Å²) in [7, 11) is 0. The highest BCUT2D eigenvalue weighted by Gasteiger charge is 2.19. The van der Waals surface area contributed by atoms with Crippen LogP contribution in [0.3, 0.4) is 0 Å². The number of rotatable bonds is 1. The van der Waals surface area contributed by atoms with Gasteiger partial charge in [0.15, 0.2) is 11.9 Å². The first-order valence-corrected chi connectivity index (χ1v) is 5.74. The molecule has 1 fully saturated rings. The summed E-state index contributed by atoms with van der Waals surface area (Å²) in [6, 6.07) is 5.62. The van der Waals surface area contributed by atoms with Gasteiger partial charge < -0.3 is 4.74 Å². The summed E-state index contributed by atoms with van der Waals surface area (Å²) in [5.74, 6) is 0. The lowest BCUT2D eigenvalue weighted by Gasteiger charge is -2.22. The molecule has 0 bridgehead atoms. The molecule has 0 aliphatic carbocycles. The molecule has 0 amide bonds. The van der Waals surface area contributed by atoms with E-state index in [1.54, 1.807) is 16.9 Å².